The van der Waals surface area contributed by atoms with Gasteiger partial charge in [-0.25, -0.2) is 4.79 Å². The van der Waals surface area contributed by atoms with Crippen molar-refractivity contribution >= 4 is 16.9 Å². The predicted molar refractivity (Wildman–Crippen MR) is 89.6 cm³/mol. The molecule has 2 aromatic rings. The van der Waals surface area contributed by atoms with Crippen molar-refractivity contribution < 1.29 is 18.7 Å². The summed E-state index contributed by atoms with van der Waals surface area (Å²) in [6.07, 6.45) is 0.0508. The lowest BCUT2D eigenvalue weighted by atomic mass is 10.0. The van der Waals surface area contributed by atoms with Crippen LogP contribution in [0.1, 0.15) is 16.7 Å². The van der Waals surface area contributed by atoms with Gasteiger partial charge < -0.3 is 18.8 Å². The van der Waals surface area contributed by atoms with E-state index in [9.17, 15) is 9.59 Å². The van der Waals surface area contributed by atoms with E-state index >= 15 is 0 Å². The molecular formula is C18H21NO5. The summed E-state index contributed by atoms with van der Waals surface area (Å²) in [5, 5.41) is 0.831. The third kappa shape index (κ3) is 2.89. The Balaban J connectivity index is 1.99. The number of carbonyl (C=O) groups is 1. The second-order valence-electron chi connectivity index (χ2n) is 5.93. The van der Waals surface area contributed by atoms with Crippen LogP contribution in [0.4, 0.5) is 0 Å². The highest BCUT2D eigenvalue weighted by Gasteiger charge is 2.21. The summed E-state index contributed by atoms with van der Waals surface area (Å²) >= 11 is 0. The molecule has 24 heavy (non-hydrogen) atoms. The summed E-state index contributed by atoms with van der Waals surface area (Å²) in [7, 11) is 1.58. The Morgan fingerprint density at radius 3 is 2.58 bits per heavy atom. The van der Waals surface area contributed by atoms with E-state index in [1.807, 2.05) is 26.0 Å². The highest BCUT2D eigenvalue weighted by Crippen LogP contribution is 2.29. The van der Waals surface area contributed by atoms with Crippen LogP contribution in [0.25, 0.3) is 11.0 Å². The maximum absolute atomic E-state index is 12.4. The molecule has 1 aliphatic rings. The maximum atomic E-state index is 12.4. The zero-order valence-electron chi connectivity index (χ0n) is 14.2. The number of hydrogen-bond acceptors (Lipinski definition) is 5. The molecule has 0 atom stereocenters. The molecule has 0 unspecified atom stereocenters. The molecule has 6 heteroatoms. The number of benzene rings is 1. The van der Waals surface area contributed by atoms with E-state index in [1.165, 1.54) is 0 Å². The molecule has 0 spiro atoms. The molecule has 0 N–H and O–H groups in total. The Labute approximate surface area is 140 Å². The fraction of sp³-hybridized carbons (Fsp3) is 0.444. The van der Waals surface area contributed by atoms with Gasteiger partial charge in [0.15, 0.2) is 0 Å². The number of methoxy groups -OCH3 is 1. The lowest BCUT2D eigenvalue weighted by Crippen LogP contribution is -2.42. The van der Waals surface area contributed by atoms with E-state index in [4.69, 9.17) is 13.9 Å². The van der Waals surface area contributed by atoms with Crippen molar-refractivity contribution in [2.75, 3.05) is 33.4 Å². The van der Waals surface area contributed by atoms with E-state index in [2.05, 4.69) is 0 Å². The average molecular weight is 331 g/mol. The van der Waals surface area contributed by atoms with Crippen molar-refractivity contribution in [2.45, 2.75) is 20.3 Å². The second-order valence-corrected chi connectivity index (χ2v) is 5.93. The van der Waals surface area contributed by atoms with Crippen LogP contribution in [-0.4, -0.2) is 44.2 Å². The summed E-state index contributed by atoms with van der Waals surface area (Å²) < 4.78 is 16.0. The number of morpholine rings is 1. The number of fused-ring (bicyclic) bond motifs is 1. The Hall–Kier alpha value is -2.34. The number of aryl methyl sites for hydroxylation is 2. The first-order valence-corrected chi connectivity index (χ1v) is 7.98. The van der Waals surface area contributed by atoms with Crippen LogP contribution in [-0.2, 0) is 16.0 Å². The molecule has 0 aliphatic carbocycles. The zero-order valence-corrected chi connectivity index (χ0v) is 14.2. The summed E-state index contributed by atoms with van der Waals surface area (Å²) in [5.74, 6) is 0.598. The molecule has 128 valence electrons. The van der Waals surface area contributed by atoms with Crippen molar-refractivity contribution in [1.82, 2.24) is 4.90 Å². The Bertz CT molecular complexity index is 833. The van der Waals surface area contributed by atoms with Gasteiger partial charge >= 0.3 is 5.63 Å². The Morgan fingerprint density at radius 2 is 1.92 bits per heavy atom. The van der Waals surface area contributed by atoms with Crippen LogP contribution < -0.4 is 10.4 Å². The van der Waals surface area contributed by atoms with Gasteiger partial charge in [-0.2, -0.15) is 0 Å². The van der Waals surface area contributed by atoms with E-state index in [1.54, 1.807) is 12.0 Å². The van der Waals surface area contributed by atoms with Crippen LogP contribution in [0.5, 0.6) is 5.75 Å². The molecule has 0 saturated carbocycles. The monoisotopic (exact) mass is 331 g/mol. The van der Waals surface area contributed by atoms with E-state index < -0.39 is 5.63 Å². The molecule has 0 radical (unpaired) electrons. The van der Waals surface area contributed by atoms with Crippen molar-refractivity contribution in [3.63, 3.8) is 0 Å². The molecule has 1 amide bonds. The van der Waals surface area contributed by atoms with Gasteiger partial charge in [-0.05, 0) is 31.5 Å². The largest absolute Gasteiger partial charge is 0.496 e. The highest BCUT2D eigenvalue weighted by atomic mass is 16.5. The minimum atomic E-state index is -0.460. The maximum Gasteiger partial charge on any atom is 0.340 e. The molecule has 2 heterocycles. The number of rotatable bonds is 3. The van der Waals surface area contributed by atoms with E-state index in [0.717, 1.165) is 16.5 Å². The van der Waals surface area contributed by atoms with Crippen molar-refractivity contribution in [2.24, 2.45) is 0 Å². The standard InChI is InChI=1S/C18H21NO5/c1-11-13-4-5-15(22-3)12(2)17(13)24-18(21)14(11)10-16(20)19-6-8-23-9-7-19/h4-5H,6-10H2,1-3H3. The summed E-state index contributed by atoms with van der Waals surface area (Å²) in [5.41, 5.74) is 2.04. The number of carbonyl (C=O) groups excluding carboxylic acids is 1. The Morgan fingerprint density at radius 1 is 1.21 bits per heavy atom. The first kappa shape index (κ1) is 16.5. The van der Waals surface area contributed by atoms with Gasteiger partial charge in [0, 0.05) is 24.0 Å². The first-order valence-electron chi connectivity index (χ1n) is 7.98. The summed E-state index contributed by atoms with van der Waals surface area (Å²) in [6.45, 7) is 5.90. The molecule has 6 nitrogen and oxygen atoms in total. The van der Waals surface area contributed by atoms with Crippen LogP contribution >= 0.6 is 0 Å². The quantitative estimate of drug-likeness (QED) is 0.803. The third-order valence-electron chi connectivity index (χ3n) is 4.57. The second kappa shape index (κ2) is 6.65. The Kier molecular flexibility index (Phi) is 4.57. The summed E-state index contributed by atoms with van der Waals surface area (Å²) in [4.78, 5) is 26.6. The normalized spacial score (nSPS) is 14.9. The fourth-order valence-corrected chi connectivity index (χ4v) is 3.07. The van der Waals surface area contributed by atoms with Crippen LogP contribution in [0.3, 0.4) is 0 Å². The molecule has 0 bridgehead atoms. The van der Waals surface area contributed by atoms with Crippen molar-refractivity contribution in [3.8, 4) is 5.75 Å². The minimum absolute atomic E-state index is 0.0508. The molecule has 1 aromatic carbocycles. The van der Waals surface area contributed by atoms with Crippen LogP contribution in [0.15, 0.2) is 21.3 Å². The topological polar surface area (TPSA) is 69.0 Å². The van der Waals surface area contributed by atoms with Gasteiger partial charge in [-0.3, -0.25) is 4.79 Å². The molecule has 3 rings (SSSR count). The SMILES string of the molecule is COc1ccc2c(C)c(CC(=O)N3CCOCC3)c(=O)oc2c1C. The smallest absolute Gasteiger partial charge is 0.340 e. The van der Waals surface area contributed by atoms with Crippen LogP contribution in [0.2, 0.25) is 0 Å². The minimum Gasteiger partial charge on any atom is -0.496 e. The average Bonchev–Trinajstić information content (AvgIpc) is 2.60. The van der Waals surface area contributed by atoms with Gasteiger partial charge in [0.25, 0.3) is 0 Å². The van der Waals surface area contributed by atoms with E-state index in [-0.39, 0.29) is 12.3 Å². The third-order valence-corrected chi connectivity index (χ3v) is 4.57. The zero-order chi connectivity index (χ0) is 17.3. The number of hydrogen-bond donors (Lipinski definition) is 0. The van der Waals surface area contributed by atoms with Crippen molar-refractivity contribution in [3.05, 3.63) is 39.2 Å². The molecule has 1 aromatic heterocycles. The molecule has 1 saturated heterocycles. The van der Waals surface area contributed by atoms with Gasteiger partial charge in [-0.15, -0.1) is 0 Å². The van der Waals surface area contributed by atoms with Crippen LogP contribution in [0, 0.1) is 13.8 Å². The lowest BCUT2D eigenvalue weighted by Gasteiger charge is -2.27. The van der Waals surface area contributed by atoms with Gasteiger partial charge in [0.1, 0.15) is 11.3 Å². The van der Waals surface area contributed by atoms with E-state index in [0.29, 0.717) is 43.2 Å². The lowest BCUT2D eigenvalue weighted by molar-refractivity contribution is -0.134. The highest BCUT2D eigenvalue weighted by molar-refractivity contribution is 5.87. The van der Waals surface area contributed by atoms with Gasteiger partial charge in [0.2, 0.25) is 5.91 Å². The number of amides is 1. The predicted octanol–water partition coefficient (Wildman–Crippen LogP) is 1.82. The van der Waals surface area contributed by atoms with Crippen molar-refractivity contribution in [1.29, 1.82) is 0 Å². The first-order chi connectivity index (χ1) is 11.5. The number of nitrogens with zero attached hydrogens (tertiary/aromatic N) is 1. The van der Waals surface area contributed by atoms with Gasteiger partial charge in [0.05, 0.1) is 32.3 Å². The summed E-state index contributed by atoms with van der Waals surface area (Å²) in [6, 6.07) is 3.71. The molecule has 1 fully saturated rings. The fourth-order valence-electron chi connectivity index (χ4n) is 3.07. The molecule has 1 aliphatic heterocycles. The van der Waals surface area contributed by atoms with Gasteiger partial charge in [-0.1, -0.05) is 0 Å². The molecular weight excluding hydrogens is 310 g/mol. The number of ether oxygens (including phenoxy) is 2.